The molecule has 87 valence electrons. The first-order valence-electron chi connectivity index (χ1n) is 5.31. The minimum absolute atomic E-state index is 0.490. The van der Waals surface area contributed by atoms with E-state index < -0.39 is 0 Å². The van der Waals surface area contributed by atoms with Gasteiger partial charge in [-0.25, -0.2) is 0 Å². The molecule has 2 aromatic rings. The molecule has 3 heteroatoms. The van der Waals surface area contributed by atoms with Gasteiger partial charge in [-0.05, 0) is 29.8 Å². The molecular weight excluding hydrogens is 214 g/mol. The lowest BCUT2D eigenvalue weighted by molar-refractivity contribution is 0.305. The second-order valence-corrected chi connectivity index (χ2v) is 3.61. The van der Waals surface area contributed by atoms with Gasteiger partial charge in [0.25, 0.3) is 0 Å². The Labute approximate surface area is 101 Å². The van der Waals surface area contributed by atoms with Gasteiger partial charge in [0.05, 0.1) is 13.2 Å². The number of anilines is 1. The molecule has 0 aromatic heterocycles. The molecule has 0 aliphatic heterocycles. The van der Waals surface area contributed by atoms with Gasteiger partial charge < -0.3 is 15.2 Å². The third-order valence-corrected chi connectivity index (χ3v) is 2.34. The molecule has 0 heterocycles. The highest BCUT2D eigenvalue weighted by Crippen LogP contribution is 2.16. The smallest absolute Gasteiger partial charge is 0.129 e. The lowest BCUT2D eigenvalue weighted by Crippen LogP contribution is -1.96. The van der Waals surface area contributed by atoms with Crippen LogP contribution >= 0.6 is 0 Å². The van der Waals surface area contributed by atoms with Crippen molar-refractivity contribution in [2.75, 3.05) is 12.8 Å². The fraction of sp³-hybridized carbons (Fsp3) is 0.143. The van der Waals surface area contributed by atoms with E-state index in [1.807, 2.05) is 36.4 Å². The van der Waals surface area contributed by atoms with Crippen LogP contribution in [0, 0.1) is 6.07 Å². The summed E-state index contributed by atoms with van der Waals surface area (Å²) < 4.78 is 10.7. The van der Waals surface area contributed by atoms with Crippen molar-refractivity contribution in [1.29, 1.82) is 0 Å². The van der Waals surface area contributed by atoms with Gasteiger partial charge in [0.15, 0.2) is 0 Å². The molecule has 0 saturated heterocycles. The van der Waals surface area contributed by atoms with Crippen molar-refractivity contribution in [3.8, 4) is 11.5 Å². The molecule has 0 aliphatic carbocycles. The molecule has 0 fully saturated rings. The molecule has 0 amide bonds. The molecule has 0 unspecified atom stereocenters. The molecule has 2 aromatic carbocycles. The Morgan fingerprint density at radius 3 is 2.53 bits per heavy atom. The summed E-state index contributed by atoms with van der Waals surface area (Å²) in [6.07, 6.45) is 0. The van der Waals surface area contributed by atoms with Gasteiger partial charge in [-0.2, -0.15) is 0 Å². The number of hydrogen-bond acceptors (Lipinski definition) is 3. The zero-order chi connectivity index (χ0) is 12.1. The van der Waals surface area contributed by atoms with E-state index in [1.165, 1.54) is 0 Å². The van der Waals surface area contributed by atoms with Gasteiger partial charge in [0, 0.05) is 5.69 Å². The molecular formula is C14H14NO2. The van der Waals surface area contributed by atoms with Crippen LogP contribution in [0.15, 0.2) is 42.5 Å². The van der Waals surface area contributed by atoms with Crippen molar-refractivity contribution in [1.82, 2.24) is 0 Å². The van der Waals surface area contributed by atoms with Gasteiger partial charge >= 0.3 is 0 Å². The number of rotatable bonds is 4. The van der Waals surface area contributed by atoms with Crippen LogP contribution < -0.4 is 15.2 Å². The predicted octanol–water partition coefficient (Wildman–Crippen LogP) is 2.66. The fourth-order valence-electron chi connectivity index (χ4n) is 1.43. The Morgan fingerprint density at radius 2 is 1.88 bits per heavy atom. The van der Waals surface area contributed by atoms with Gasteiger partial charge in [-0.1, -0.05) is 18.2 Å². The highest BCUT2D eigenvalue weighted by molar-refractivity contribution is 5.42. The van der Waals surface area contributed by atoms with Gasteiger partial charge in [-0.3, -0.25) is 0 Å². The molecule has 0 spiro atoms. The standard InChI is InChI=1S/C14H14NO2/c1-16-13-7-5-11(6-8-13)10-17-14-4-2-3-12(15)9-14/h2-8H,10,15H2,1H3. The molecule has 0 atom stereocenters. The van der Waals surface area contributed by atoms with E-state index in [2.05, 4.69) is 6.07 Å². The van der Waals surface area contributed by atoms with Crippen LogP contribution in [0.25, 0.3) is 0 Å². The monoisotopic (exact) mass is 228 g/mol. The van der Waals surface area contributed by atoms with Crippen molar-refractivity contribution < 1.29 is 9.47 Å². The van der Waals surface area contributed by atoms with E-state index in [-0.39, 0.29) is 0 Å². The number of benzene rings is 2. The maximum atomic E-state index is 5.61. The highest BCUT2D eigenvalue weighted by Gasteiger charge is 1.97. The van der Waals surface area contributed by atoms with E-state index in [9.17, 15) is 0 Å². The third kappa shape index (κ3) is 3.14. The summed E-state index contributed by atoms with van der Waals surface area (Å²) in [4.78, 5) is 0. The maximum Gasteiger partial charge on any atom is 0.129 e. The number of nitrogen functional groups attached to an aromatic ring is 1. The number of ether oxygens (including phenoxy) is 2. The van der Waals surface area contributed by atoms with Crippen LogP contribution in [0.1, 0.15) is 5.56 Å². The van der Waals surface area contributed by atoms with Crippen LogP contribution in [0.4, 0.5) is 5.69 Å². The Kier molecular flexibility index (Phi) is 3.50. The van der Waals surface area contributed by atoms with E-state index in [0.29, 0.717) is 18.0 Å². The van der Waals surface area contributed by atoms with Gasteiger partial charge in [0.2, 0.25) is 0 Å². The molecule has 2 N–H and O–H groups in total. The number of nitrogens with two attached hydrogens (primary N) is 1. The fourth-order valence-corrected chi connectivity index (χ4v) is 1.43. The van der Waals surface area contributed by atoms with Crippen molar-refractivity contribution in [3.05, 3.63) is 54.1 Å². The molecule has 0 saturated carbocycles. The Morgan fingerprint density at radius 1 is 1.12 bits per heavy atom. The first kappa shape index (κ1) is 11.3. The SMILES string of the molecule is COc1ccc(COc2[c]c(N)ccc2)cc1. The number of hydrogen-bond donors (Lipinski definition) is 1. The van der Waals surface area contributed by atoms with Gasteiger partial charge in [0.1, 0.15) is 18.1 Å². The topological polar surface area (TPSA) is 44.5 Å². The zero-order valence-corrected chi connectivity index (χ0v) is 9.64. The van der Waals surface area contributed by atoms with E-state index >= 15 is 0 Å². The van der Waals surface area contributed by atoms with E-state index in [1.54, 1.807) is 13.2 Å². The molecule has 0 aliphatic rings. The summed E-state index contributed by atoms with van der Waals surface area (Å²) >= 11 is 0. The minimum Gasteiger partial charge on any atom is -0.497 e. The van der Waals surface area contributed by atoms with Gasteiger partial charge in [-0.15, -0.1) is 0 Å². The maximum absolute atomic E-state index is 5.61. The van der Waals surface area contributed by atoms with Crippen molar-refractivity contribution in [2.24, 2.45) is 0 Å². The van der Waals surface area contributed by atoms with Crippen LogP contribution in [0.3, 0.4) is 0 Å². The summed E-state index contributed by atoms with van der Waals surface area (Å²) in [6.45, 7) is 0.490. The second kappa shape index (κ2) is 5.25. The number of methoxy groups -OCH3 is 1. The normalized spacial score (nSPS) is 9.94. The zero-order valence-electron chi connectivity index (χ0n) is 9.64. The minimum atomic E-state index is 0.490. The third-order valence-electron chi connectivity index (χ3n) is 2.34. The second-order valence-electron chi connectivity index (χ2n) is 3.61. The quantitative estimate of drug-likeness (QED) is 0.818. The lowest BCUT2D eigenvalue weighted by atomic mass is 10.2. The summed E-state index contributed by atoms with van der Waals surface area (Å²) in [5.74, 6) is 1.49. The molecule has 17 heavy (non-hydrogen) atoms. The molecule has 2 rings (SSSR count). The first-order valence-corrected chi connectivity index (χ1v) is 5.31. The van der Waals surface area contributed by atoms with Crippen molar-refractivity contribution in [2.45, 2.75) is 6.61 Å². The van der Waals surface area contributed by atoms with E-state index in [0.717, 1.165) is 11.3 Å². The Hall–Kier alpha value is -2.16. The average Bonchev–Trinajstić information content (AvgIpc) is 2.37. The first-order chi connectivity index (χ1) is 8.28. The summed E-state index contributed by atoms with van der Waals surface area (Å²) in [6, 6.07) is 16.1. The largest absolute Gasteiger partial charge is 0.497 e. The Balaban J connectivity index is 1.97. The molecule has 0 bridgehead atoms. The van der Waals surface area contributed by atoms with Crippen LogP contribution in [-0.4, -0.2) is 7.11 Å². The van der Waals surface area contributed by atoms with Crippen LogP contribution in [0.2, 0.25) is 0 Å². The lowest BCUT2D eigenvalue weighted by Gasteiger charge is -2.07. The molecule has 3 nitrogen and oxygen atoms in total. The summed E-state index contributed by atoms with van der Waals surface area (Å²) in [5.41, 5.74) is 7.27. The van der Waals surface area contributed by atoms with E-state index in [4.69, 9.17) is 15.2 Å². The van der Waals surface area contributed by atoms with Crippen LogP contribution in [0.5, 0.6) is 11.5 Å². The summed E-state index contributed by atoms with van der Waals surface area (Å²) in [7, 11) is 1.65. The molecule has 1 radical (unpaired) electrons. The van der Waals surface area contributed by atoms with Crippen molar-refractivity contribution in [3.63, 3.8) is 0 Å². The predicted molar refractivity (Wildman–Crippen MR) is 67.0 cm³/mol. The average molecular weight is 228 g/mol. The van der Waals surface area contributed by atoms with Crippen molar-refractivity contribution >= 4 is 5.69 Å². The Bertz CT molecular complexity index is 480. The highest BCUT2D eigenvalue weighted by atomic mass is 16.5. The summed E-state index contributed by atoms with van der Waals surface area (Å²) in [5, 5.41) is 0. The van der Waals surface area contributed by atoms with Crippen LogP contribution in [-0.2, 0) is 6.61 Å².